The molecule has 4 rings (SSSR count). The average molecular weight is 494 g/mol. The Morgan fingerprint density at radius 2 is 1.91 bits per heavy atom. The zero-order valence-corrected chi connectivity index (χ0v) is 19.6. The first-order valence-corrected chi connectivity index (χ1v) is 10.9. The summed E-state index contributed by atoms with van der Waals surface area (Å²) in [5, 5.41) is 6.94. The molecule has 4 aromatic rings. The molecule has 1 aromatic heterocycles. The van der Waals surface area contributed by atoms with Crippen LogP contribution in [0.1, 0.15) is 39.2 Å². The average Bonchev–Trinajstić information content (AvgIpc) is 2.84. The molecule has 4 N–H and O–H groups in total. The summed E-state index contributed by atoms with van der Waals surface area (Å²) in [5.41, 5.74) is 7.59. The fourth-order valence-corrected chi connectivity index (χ4v) is 3.84. The number of ether oxygens (including phenoxy) is 1. The Balaban J connectivity index is 1.56. The monoisotopic (exact) mass is 493 g/mol. The number of nitrogens with zero attached hydrogens (tertiary/aromatic N) is 2. The van der Waals surface area contributed by atoms with Gasteiger partial charge in [0.15, 0.2) is 11.6 Å². The number of hydrogen-bond donors (Lipinski definition) is 3. The molecule has 0 aliphatic rings. The van der Waals surface area contributed by atoms with Gasteiger partial charge in [0.2, 0.25) is 0 Å². The number of anilines is 2. The fourth-order valence-electron chi connectivity index (χ4n) is 3.62. The Bertz CT molecular complexity index is 1450. The van der Waals surface area contributed by atoms with Crippen LogP contribution in [0.2, 0.25) is 5.02 Å². The standard InChI is InChI=1S/C25H21ClFN5O3/c1-13(31-24-19-11-16(26)10-18(23(28)33)22(19)29-12-30-24)14-4-3-5-17(8-14)32-25(34)15-6-7-21(35-2)20(27)9-15/h3-13H,1-2H3,(H2,28,33)(H,32,34)(H,29,30,31). The number of nitrogens with two attached hydrogens (primary N) is 1. The smallest absolute Gasteiger partial charge is 0.255 e. The Morgan fingerprint density at radius 3 is 2.63 bits per heavy atom. The maximum Gasteiger partial charge on any atom is 0.255 e. The van der Waals surface area contributed by atoms with Gasteiger partial charge in [-0.2, -0.15) is 0 Å². The molecule has 0 fully saturated rings. The Morgan fingerprint density at radius 1 is 1.11 bits per heavy atom. The number of carbonyl (C=O) groups excluding carboxylic acids is 2. The van der Waals surface area contributed by atoms with Gasteiger partial charge >= 0.3 is 0 Å². The summed E-state index contributed by atoms with van der Waals surface area (Å²) in [6.07, 6.45) is 1.34. The highest BCUT2D eigenvalue weighted by Crippen LogP contribution is 2.29. The van der Waals surface area contributed by atoms with E-state index in [-0.39, 0.29) is 22.9 Å². The summed E-state index contributed by atoms with van der Waals surface area (Å²) < 4.78 is 18.9. The number of nitrogens with one attached hydrogen (secondary N) is 2. The van der Waals surface area contributed by atoms with Gasteiger partial charge in [-0.25, -0.2) is 14.4 Å². The van der Waals surface area contributed by atoms with Crippen LogP contribution in [0.3, 0.4) is 0 Å². The van der Waals surface area contributed by atoms with Crippen LogP contribution in [-0.2, 0) is 0 Å². The quantitative estimate of drug-likeness (QED) is 0.335. The zero-order valence-electron chi connectivity index (χ0n) is 18.8. The van der Waals surface area contributed by atoms with Crippen LogP contribution in [0.25, 0.3) is 10.9 Å². The summed E-state index contributed by atoms with van der Waals surface area (Å²) in [6, 6.07) is 14.1. The van der Waals surface area contributed by atoms with Crippen molar-refractivity contribution < 1.29 is 18.7 Å². The maximum atomic E-state index is 14.0. The number of aromatic nitrogens is 2. The normalized spacial score (nSPS) is 11.7. The summed E-state index contributed by atoms with van der Waals surface area (Å²) in [5.74, 6) is -1.20. The van der Waals surface area contributed by atoms with Gasteiger partial charge in [-0.15, -0.1) is 0 Å². The molecule has 0 spiro atoms. The van der Waals surface area contributed by atoms with Gasteiger partial charge in [0, 0.05) is 21.7 Å². The van der Waals surface area contributed by atoms with Crippen LogP contribution >= 0.6 is 11.6 Å². The van der Waals surface area contributed by atoms with E-state index in [2.05, 4.69) is 20.6 Å². The number of halogens is 2. The van der Waals surface area contributed by atoms with E-state index in [9.17, 15) is 14.0 Å². The highest BCUT2D eigenvalue weighted by molar-refractivity contribution is 6.32. The summed E-state index contributed by atoms with van der Waals surface area (Å²) >= 11 is 6.18. The first-order valence-electron chi connectivity index (χ1n) is 10.5. The Kier molecular flexibility index (Phi) is 6.79. The van der Waals surface area contributed by atoms with Gasteiger partial charge < -0.3 is 21.1 Å². The van der Waals surface area contributed by atoms with Crippen LogP contribution in [0.5, 0.6) is 5.75 Å². The highest BCUT2D eigenvalue weighted by atomic mass is 35.5. The van der Waals surface area contributed by atoms with E-state index in [1.165, 1.54) is 31.6 Å². The van der Waals surface area contributed by atoms with Crippen molar-refractivity contribution in [2.24, 2.45) is 5.73 Å². The van der Waals surface area contributed by atoms with Crippen molar-refractivity contribution in [2.75, 3.05) is 17.7 Å². The van der Waals surface area contributed by atoms with Crippen molar-refractivity contribution in [3.63, 3.8) is 0 Å². The van der Waals surface area contributed by atoms with Gasteiger partial charge in [0.1, 0.15) is 12.1 Å². The zero-order chi connectivity index (χ0) is 25.1. The first kappa shape index (κ1) is 23.9. The number of primary amides is 1. The molecule has 0 radical (unpaired) electrons. The number of methoxy groups -OCH3 is 1. The third kappa shape index (κ3) is 5.15. The molecule has 1 unspecified atom stereocenters. The van der Waals surface area contributed by atoms with Gasteiger partial charge in [-0.1, -0.05) is 23.7 Å². The summed E-state index contributed by atoms with van der Waals surface area (Å²) in [6.45, 7) is 1.91. The molecule has 0 saturated heterocycles. The van der Waals surface area contributed by atoms with Crippen molar-refractivity contribution in [3.8, 4) is 5.75 Å². The van der Waals surface area contributed by atoms with Crippen molar-refractivity contribution in [3.05, 3.63) is 88.5 Å². The Labute approximate surface area is 205 Å². The summed E-state index contributed by atoms with van der Waals surface area (Å²) in [7, 11) is 1.36. The SMILES string of the molecule is COc1ccc(C(=O)Nc2cccc(C(C)Nc3ncnc4c(C(N)=O)cc(Cl)cc34)c2)cc1F. The van der Waals surface area contributed by atoms with Crippen LogP contribution in [0, 0.1) is 5.82 Å². The molecule has 0 aliphatic carbocycles. The molecule has 0 bridgehead atoms. The molecule has 35 heavy (non-hydrogen) atoms. The Hall–Kier alpha value is -4.24. The lowest BCUT2D eigenvalue weighted by atomic mass is 10.1. The topological polar surface area (TPSA) is 119 Å². The molecule has 2 amide bonds. The van der Waals surface area contributed by atoms with Crippen molar-refractivity contribution in [2.45, 2.75) is 13.0 Å². The lowest BCUT2D eigenvalue weighted by molar-refractivity contribution is 0.0998. The van der Waals surface area contributed by atoms with Crippen LogP contribution in [-0.4, -0.2) is 28.9 Å². The van der Waals surface area contributed by atoms with Gasteiger partial charge in [0.25, 0.3) is 11.8 Å². The number of benzene rings is 3. The third-order valence-electron chi connectivity index (χ3n) is 5.38. The predicted octanol–water partition coefficient (Wildman–Crippen LogP) is 4.96. The van der Waals surface area contributed by atoms with Crippen LogP contribution in [0.4, 0.5) is 15.9 Å². The third-order valence-corrected chi connectivity index (χ3v) is 5.60. The van der Waals surface area contributed by atoms with Crippen LogP contribution in [0.15, 0.2) is 60.9 Å². The molecule has 1 atom stereocenters. The molecule has 0 aliphatic heterocycles. The van der Waals surface area contributed by atoms with Crippen molar-refractivity contribution in [1.82, 2.24) is 9.97 Å². The summed E-state index contributed by atoms with van der Waals surface area (Å²) in [4.78, 5) is 32.9. The van der Waals surface area contributed by atoms with Crippen LogP contribution < -0.4 is 21.1 Å². The van der Waals surface area contributed by atoms with E-state index in [0.717, 1.165) is 11.6 Å². The number of rotatable bonds is 7. The number of carbonyl (C=O) groups is 2. The second kappa shape index (κ2) is 9.94. The maximum absolute atomic E-state index is 14.0. The van der Waals surface area contributed by atoms with E-state index >= 15 is 0 Å². The minimum absolute atomic E-state index is 0.0601. The molecule has 178 valence electrons. The van der Waals surface area contributed by atoms with Crippen molar-refractivity contribution in [1.29, 1.82) is 0 Å². The van der Waals surface area contributed by atoms with E-state index in [4.69, 9.17) is 22.1 Å². The molecule has 1 heterocycles. The molecule has 10 heteroatoms. The second-order valence-corrected chi connectivity index (χ2v) is 8.17. The highest BCUT2D eigenvalue weighted by Gasteiger charge is 2.16. The molecular formula is C25H21ClFN5O3. The fraction of sp³-hybridized carbons (Fsp3) is 0.120. The number of amides is 2. The van der Waals surface area contributed by atoms with E-state index < -0.39 is 17.6 Å². The molecule has 3 aromatic carbocycles. The van der Waals surface area contributed by atoms with Gasteiger partial charge in [0.05, 0.1) is 24.2 Å². The molecule has 8 nitrogen and oxygen atoms in total. The lowest BCUT2D eigenvalue weighted by Crippen LogP contribution is -2.14. The van der Waals surface area contributed by atoms with Crippen molar-refractivity contribution >= 4 is 45.8 Å². The van der Waals surface area contributed by atoms with E-state index in [0.29, 0.717) is 27.4 Å². The van der Waals surface area contributed by atoms with Gasteiger partial charge in [-0.05, 0) is 55.0 Å². The number of hydrogen-bond acceptors (Lipinski definition) is 6. The first-order chi connectivity index (χ1) is 16.8. The van der Waals surface area contributed by atoms with E-state index in [1.807, 2.05) is 13.0 Å². The van der Waals surface area contributed by atoms with Gasteiger partial charge in [-0.3, -0.25) is 9.59 Å². The van der Waals surface area contributed by atoms with E-state index in [1.54, 1.807) is 24.3 Å². The largest absolute Gasteiger partial charge is 0.494 e. The number of fused-ring (bicyclic) bond motifs is 1. The minimum Gasteiger partial charge on any atom is -0.494 e. The predicted molar refractivity (Wildman–Crippen MR) is 132 cm³/mol. The lowest BCUT2D eigenvalue weighted by Gasteiger charge is -2.18. The second-order valence-electron chi connectivity index (χ2n) is 7.73. The minimum atomic E-state index is -0.643. The molecular weight excluding hydrogens is 473 g/mol. The molecule has 0 saturated carbocycles.